The number of anilines is 1. The number of aromatic nitrogens is 2. The first-order valence-electron chi connectivity index (χ1n) is 8.57. The molecule has 0 atom stereocenters. The normalized spacial score (nSPS) is 10.9. The van der Waals surface area contributed by atoms with Gasteiger partial charge in [0, 0.05) is 10.9 Å². The molecular weight excluding hydrogens is 378 g/mol. The molecule has 0 unspecified atom stereocenters. The van der Waals surface area contributed by atoms with E-state index in [4.69, 9.17) is 9.15 Å². The number of hydrogen-bond acceptors (Lipinski definition) is 6. The molecule has 0 aliphatic heterocycles. The number of hydrogen-bond donors (Lipinski definition) is 2. The van der Waals surface area contributed by atoms with Crippen molar-refractivity contribution in [1.82, 2.24) is 9.97 Å². The van der Waals surface area contributed by atoms with Gasteiger partial charge in [-0.3, -0.25) is 15.1 Å². The fraction of sp³-hybridized carbons (Fsp3) is 0.150. The lowest BCUT2D eigenvalue weighted by Gasteiger charge is -2.11. The summed E-state index contributed by atoms with van der Waals surface area (Å²) in [4.78, 5) is 30.5. The second-order valence-electron chi connectivity index (χ2n) is 6.32. The zero-order valence-electron chi connectivity index (χ0n) is 15.2. The van der Waals surface area contributed by atoms with Crippen molar-refractivity contribution in [1.29, 1.82) is 0 Å². The monoisotopic (exact) mass is 395 g/mol. The molecule has 0 saturated heterocycles. The Hall–Kier alpha value is -3.39. The standard InChI is InChI=1S/C20H17N3O4S/c1-11-4-3-5-12(2)18(11)26-9-17(24)23-19-21-15(10-28-19)13-6-7-14-16(8-13)27-20(25)22-14/h3-8,10H,9H2,1-2H3,(H,22,25)(H,21,23,24). The van der Waals surface area contributed by atoms with E-state index < -0.39 is 5.76 Å². The van der Waals surface area contributed by atoms with Gasteiger partial charge >= 0.3 is 5.76 Å². The quantitative estimate of drug-likeness (QED) is 0.534. The van der Waals surface area contributed by atoms with Crippen molar-refractivity contribution in [2.45, 2.75) is 13.8 Å². The molecule has 28 heavy (non-hydrogen) atoms. The van der Waals surface area contributed by atoms with E-state index in [1.54, 1.807) is 12.1 Å². The van der Waals surface area contributed by atoms with Gasteiger partial charge in [0.05, 0.1) is 11.2 Å². The Balaban J connectivity index is 1.43. The summed E-state index contributed by atoms with van der Waals surface area (Å²) in [6, 6.07) is 11.2. The number of nitrogens with zero attached hydrogens (tertiary/aromatic N) is 1. The highest BCUT2D eigenvalue weighted by Gasteiger charge is 2.12. The lowest BCUT2D eigenvalue weighted by Crippen LogP contribution is -2.20. The first kappa shape index (κ1) is 18.0. The summed E-state index contributed by atoms with van der Waals surface area (Å²) < 4.78 is 10.7. The number of carbonyl (C=O) groups excluding carboxylic acids is 1. The minimum absolute atomic E-state index is 0.0962. The van der Waals surface area contributed by atoms with Gasteiger partial charge in [-0.15, -0.1) is 11.3 Å². The van der Waals surface area contributed by atoms with Crippen molar-refractivity contribution in [3.63, 3.8) is 0 Å². The molecule has 1 amide bonds. The van der Waals surface area contributed by atoms with Crippen molar-refractivity contribution in [2.75, 3.05) is 11.9 Å². The highest BCUT2D eigenvalue weighted by molar-refractivity contribution is 7.14. The zero-order valence-corrected chi connectivity index (χ0v) is 16.1. The van der Waals surface area contributed by atoms with Gasteiger partial charge in [-0.05, 0) is 37.1 Å². The fourth-order valence-corrected chi connectivity index (χ4v) is 3.62. The van der Waals surface area contributed by atoms with E-state index in [1.165, 1.54) is 11.3 Å². The van der Waals surface area contributed by atoms with Crippen molar-refractivity contribution in [2.24, 2.45) is 0 Å². The molecule has 0 aliphatic rings. The number of thiazole rings is 1. The molecule has 4 rings (SSSR count). The maximum atomic E-state index is 12.2. The average Bonchev–Trinajstić information content (AvgIpc) is 3.26. The van der Waals surface area contributed by atoms with Gasteiger partial charge in [0.15, 0.2) is 17.3 Å². The van der Waals surface area contributed by atoms with Gasteiger partial charge < -0.3 is 9.15 Å². The highest BCUT2D eigenvalue weighted by atomic mass is 32.1. The van der Waals surface area contributed by atoms with Gasteiger partial charge in [0.1, 0.15) is 5.75 Å². The van der Waals surface area contributed by atoms with Crippen LogP contribution in [0.15, 0.2) is 51.0 Å². The average molecular weight is 395 g/mol. The molecule has 2 aromatic carbocycles. The van der Waals surface area contributed by atoms with Crippen molar-refractivity contribution >= 4 is 33.5 Å². The van der Waals surface area contributed by atoms with Crippen LogP contribution in [0.1, 0.15) is 11.1 Å². The maximum Gasteiger partial charge on any atom is 0.417 e. The van der Waals surface area contributed by atoms with Gasteiger partial charge in [-0.25, -0.2) is 9.78 Å². The largest absolute Gasteiger partial charge is 0.483 e. The van der Waals surface area contributed by atoms with E-state index in [2.05, 4.69) is 15.3 Å². The van der Waals surface area contributed by atoms with Crippen LogP contribution in [-0.4, -0.2) is 22.5 Å². The number of aromatic amines is 1. The molecule has 0 radical (unpaired) electrons. The number of oxazole rings is 1. The van der Waals surface area contributed by atoms with Gasteiger partial charge in [-0.1, -0.05) is 24.3 Å². The molecule has 0 aliphatic carbocycles. The minimum Gasteiger partial charge on any atom is -0.483 e. The number of nitrogens with one attached hydrogen (secondary N) is 2. The topological polar surface area (TPSA) is 97.2 Å². The molecule has 142 valence electrons. The van der Waals surface area contributed by atoms with Gasteiger partial charge in [-0.2, -0.15) is 0 Å². The Morgan fingerprint density at radius 1 is 1.25 bits per heavy atom. The Bertz CT molecular complexity index is 1200. The number of H-pyrrole nitrogens is 1. The summed E-state index contributed by atoms with van der Waals surface area (Å²) in [7, 11) is 0. The smallest absolute Gasteiger partial charge is 0.417 e. The highest BCUT2D eigenvalue weighted by Crippen LogP contribution is 2.27. The van der Waals surface area contributed by atoms with E-state index in [1.807, 2.05) is 43.5 Å². The van der Waals surface area contributed by atoms with Crippen LogP contribution in [0.3, 0.4) is 0 Å². The Morgan fingerprint density at radius 2 is 2.04 bits per heavy atom. The maximum absolute atomic E-state index is 12.2. The Kier molecular flexibility index (Phi) is 4.70. The van der Waals surface area contributed by atoms with Gasteiger partial charge in [0.25, 0.3) is 5.91 Å². The SMILES string of the molecule is Cc1cccc(C)c1OCC(=O)Nc1nc(-c2ccc3[nH]c(=O)oc3c2)cs1. The third-order valence-electron chi connectivity index (χ3n) is 4.22. The van der Waals surface area contributed by atoms with Crippen LogP contribution in [0.25, 0.3) is 22.4 Å². The molecule has 8 heteroatoms. The summed E-state index contributed by atoms with van der Waals surface area (Å²) in [5.74, 6) is -0.0586. The van der Waals surface area contributed by atoms with Crippen LogP contribution in [0.2, 0.25) is 0 Å². The predicted octanol–water partition coefficient (Wildman–Crippen LogP) is 3.88. The first-order chi connectivity index (χ1) is 13.5. The van der Waals surface area contributed by atoms with Crippen LogP contribution in [0.5, 0.6) is 5.75 Å². The lowest BCUT2D eigenvalue weighted by atomic mass is 10.1. The molecular formula is C20H17N3O4S. The van der Waals surface area contributed by atoms with E-state index in [9.17, 15) is 9.59 Å². The van der Waals surface area contributed by atoms with Crippen LogP contribution in [0.4, 0.5) is 5.13 Å². The first-order valence-corrected chi connectivity index (χ1v) is 9.45. The van der Waals surface area contributed by atoms with Crippen LogP contribution in [-0.2, 0) is 4.79 Å². The Labute approximate surface area is 164 Å². The summed E-state index contributed by atoms with van der Waals surface area (Å²) in [5, 5.41) is 5.05. The molecule has 0 bridgehead atoms. The number of aryl methyl sites for hydroxylation is 2. The number of para-hydroxylation sites is 1. The van der Waals surface area contributed by atoms with Crippen LogP contribution >= 0.6 is 11.3 Å². The number of fused-ring (bicyclic) bond motifs is 1. The minimum atomic E-state index is -0.498. The van der Waals surface area contributed by atoms with Crippen LogP contribution in [0, 0.1) is 13.8 Å². The van der Waals surface area contributed by atoms with Crippen molar-refractivity contribution in [3.8, 4) is 17.0 Å². The summed E-state index contributed by atoms with van der Waals surface area (Å²) >= 11 is 1.31. The number of rotatable bonds is 5. The fourth-order valence-electron chi connectivity index (χ4n) is 2.89. The van der Waals surface area contributed by atoms with Gasteiger partial charge in [0.2, 0.25) is 0 Å². The van der Waals surface area contributed by atoms with E-state index in [0.717, 1.165) is 22.4 Å². The molecule has 4 aromatic rings. The molecule has 0 saturated carbocycles. The predicted molar refractivity (Wildman–Crippen MR) is 108 cm³/mol. The summed E-state index contributed by atoms with van der Waals surface area (Å²) in [6.07, 6.45) is 0. The third-order valence-corrected chi connectivity index (χ3v) is 4.98. The summed E-state index contributed by atoms with van der Waals surface area (Å²) in [6.45, 7) is 3.79. The molecule has 7 nitrogen and oxygen atoms in total. The summed E-state index contributed by atoms with van der Waals surface area (Å²) in [5.41, 5.74) is 4.53. The van der Waals surface area contributed by atoms with Crippen LogP contribution < -0.4 is 15.8 Å². The molecule has 2 N–H and O–H groups in total. The zero-order chi connectivity index (χ0) is 19.7. The van der Waals surface area contributed by atoms with Crippen molar-refractivity contribution < 1.29 is 13.9 Å². The van der Waals surface area contributed by atoms with E-state index >= 15 is 0 Å². The number of amides is 1. The molecule has 2 aromatic heterocycles. The second-order valence-corrected chi connectivity index (χ2v) is 7.18. The molecule has 0 fully saturated rings. The molecule has 0 spiro atoms. The van der Waals surface area contributed by atoms with Crippen molar-refractivity contribution in [3.05, 3.63) is 63.5 Å². The number of benzene rings is 2. The number of ether oxygens (including phenoxy) is 1. The number of carbonyl (C=O) groups is 1. The third kappa shape index (κ3) is 3.67. The Morgan fingerprint density at radius 3 is 2.82 bits per heavy atom. The van der Waals surface area contributed by atoms with E-state index in [0.29, 0.717) is 21.9 Å². The lowest BCUT2D eigenvalue weighted by molar-refractivity contribution is -0.118. The molecule has 2 heterocycles. The van der Waals surface area contributed by atoms with E-state index in [-0.39, 0.29) is 12.5 Å². The second kappa shape index (κ2) is 7.32.